The van der Waals surface area contributed by atoms with E-state index in [9.17, 15) is 8.42 Å². The molecule has 1 aliphatic heterocycles. The molecule has 3 heterocycles. The van der Waals surface area contributed by atoms with Crippen LogP contribution in [-0.4, -0.2) is 68.1 Å². The number of nitrogens with zero attached hydrogens (tertiary/aromatic N) is 4. The van der Waals surface area contributed by atoms with Crippen molar-refractivity contribution < 1.29 is 13.2 Å². The number of hydrogen-bond donors (Lipinski definition) is 0. The van der Waals surface area contributed by atoms with Crippen molar-refractivity contribution in [1.82, 2.24) is 13.8 Å². The van der Waals surface area contributed by atoms with Gasteiger partial charge in [0.05, 0.1) is 34.4 Å². The van der Waals surface area contributed by atoms with Gasteiger partial charge in [0.1, 0.15) is 0 Å². The van der Waals surface area contributed by atoms with Crippen molar-refractivity contribution in [3.63, 3.8) is 0 Å². The van der Waals surface area contributed by atoms with Gasteiger partial charge in [0.2, 0.25) is 10.0 Å². The second kappa shape index (κ2) is 11.7. The summed E-state index contributed by atoms with van der Waals surface area (Å²) in [6.45, 7) is 10.1. The summed E-state index contributed by atoms with van der Waals surface area (Å²) in [5.74, 6) is 0. The summed E-state index contributed by atoms with van der Waals surface area (Å²) in [6, 6.07) is 11.1. The van der Waals surface area contributed by atoms with E-state index in [1.807, 2.05) is 0 Å². The second-order valence-corrected chi connectivity index (χ2v) is 11.8. The largest absolute Gasteiger partial charge is 0.379 e. The van der Waals surface area contributed by atoms with Crippen LogP contribution in [0.3, 0.4) is 0 Å². The Kier molecular flexibility index (Phi) is 8.73. The van der Waals surface area contributed by atoms with Crippen LogP contribution >= 0.6 is 22.7 Å². The maximum Gasteiger partial charge on any atom is 0.243 e. The van der Waals surface area contributed by atoms with Crippen LogP contribution in [0.4, 0.5) is 5.69 Å². The molecule has 4 rings (SSSR count). The molecule has 0 saturated carbocycles. The molecule has 10 heteroatoms. The number of ether oxygens (including phenoxy) is 1. The molecule has 0 N–H and O–H groups in total. The minimum Gasteiger partial charge on any atom is -0.379 e. The lowest BCUT2D eigenvalue weighted by Gasteiger charge is -2.26. The molecule has 0 aliphatic carbocycles. The van der Waals surface area contributed by atoms with Crippen molar-refractivity contribution in [2.75, 3.05) is 45.9 Å². The van der Waals surface area contributed by atoms with Gasteiger partial charge in [0.15, 0.2) is 4.80 Å². The minimum absolute atomic E-state index is 0.297. The molecule has 0 radical (unpaired) electrons. The van der Waals surface area contributed by atoms with Gasteiger partial charge in [-0.05, 0) is 61.8 Å². The van der Waals surface area contributed by atoms with Crippen LogP contribution in [0, 0.1) is 0 Å². The zero-order valence-corrected chi connectivity index (χ0v) is 22.2. The molecular weight excluding hydrogens is 488 g/mol. The molecule has 3 aromatic rings. The maximum atomic E-state index is 12.9. The third-order valence-corrected chi connectivity index (χ3v) is 9.66. The Bertz CT molecular complexity index is 1210. The van der Waals surface area contributed by atoms with Crippen molar-refractivity contribution in [1.29, 1.82) is 0 Å². The Labute approximate surface area is 210 Å². The maximum absolute atomic E-state index is 12.9. The summed E-state index contributed by atoms with van der Waals surface area (Å²) in [5, 5.41) is 4.26. The third kappa shape index (κ3) is 5.87. The van der Waals surface area contributed by atoms with E-state index in [2.05, 4.69) is 46.2 Å². The monoisotopic (exact) mass is 520 g/mol. The number of thiophene rings is 1. The van der Waals surface area contributed by atoms with Gasteiger partial charge in [-0.1, -0.05) is 19.9 Å². The predicted molar refractivity (Wildman–Crippen MR) is 139 cm³/mol. The highest BCUT2D eigenvalue weighted by Crippen LogP contribution is 2.26. The third-order valence-electron chi connectivity index (χ3n) is 5.99. The smallest absolute Gasteiger partial charge is 0.243 e. The standard InChI is InChI=1S/C24H32N4O3S3/c1-3-26(4-2)12-6-13-28-22(23-7-5-18-32-23)19-33-24(28)25-20-8-10-21(11-9-20)34(29,30)27-14-16-31-17-15-27/h5,7-11,18-19H,3-4,6,12-17H2,1-2H3. The summed E-state index contributed by atoms with van der Waals surface area (Å²) in [7, 11) is -3.50. The fraction of sp³-hybridized carbons (Fsp3) is 0.458. The molecule has 1 aliphatic rings. The molecular formula is C24H32N4O3S3. The first-order valence-corrected chi connectivity index (χ1v) is 14.9. The molecule has 0 atom stereocenters. The molecule has 1 saturated heterocycles. The Morgan fingerprint density at radius 2 is 1.79 bits per heavy atom. The van der Waals surface area contributed by atoms with E-state index in [1.54, 1.807) is 46.9 Å². The van der Waals surface area contributed by atoms with E-state index < -0.39 is 10.0 Å². The van der Waals surface area contributed by atoms with E-state index in [-0.39, 0.29) is 0 Å². The molecule has 1 aromatic carbocycles. The fourth-order valence-corrected chi connectivity index (χ4v) is 7.17. The Morgan fingerprint density at radius 3 is 2.44 bits per heavy atom. The van der Waals surface area contributed by atoms with Gasteiger partial charge in [0, 0.05) is 25.0 Å². The molecule has 2 aromatic heterocycles. The predicted octanol–water partition coefficient (Wildman–Crippen LogP) is 4.26. The molecule has 1 fully saturated rings. The van der Waals surface area contributed by atoms with E-state index in [4.69, 9.17) is 9.73 Å². The van der Waals surface area contributed by atoms with E-state index >= 15 is 0 Å². The normalized spacial score (nSPS) is 15.9. The van der Waals surface area contributed by atoms with E-state index in [0.29, 0.717) is 31.2 Å². The highest BCUT2D eigenvalue weighted by atomic mass is 32.2. The van der Waals surface area contributed by atoms with E-state index in [1.165, 1.54) is 14.9 Å². The van der Waals surface area contributed by atoms with Crippen molar-refractivity contribution >= 4 is 38.4 Å². The van der Waals surface area contributed by atoms with Crippen molar-refractivity contribution in [2.24, 2.45) is 4.99 Å². The number of benzene rings is 1. The minimum atomic E-state index is -3.50. The van der Waals surface area contributed by atoms with Gasteiger partial charge < -0.3 is 14.2 Å². The average Bonchev–Trinajstić information content (AvgIpc) is 3.53. The number of hydrogen-bond acceptors (Lipinski definition) is 7. The number of morpholine rings is 1. The first-order valence-electron chi connectivity index (χ1n) is 11.7. The zero-order valence-electron chi connectivity index (χ0n) is 19.7. The van der Waals surface area contributed by atoms with Gasteiger partial charge in [-0.25, -0.2) is 13.4 Å². The van der Waals surface area contributed by atoms with Gasteiger partial charge in [-0.2, -0.15) is 4.31 Å². The van der Waals surface area contributed by atoms with Crippen LogP contribution in [0.2, 0.25) is 0 Å². The highest BCUT2D eigenvalue weighted by molar-refractivity contribution is 7.89. The Hall–Kier alpha value is -1.82. The molecule has 34 heavy (non-hydrogen) atoms. The van der Waals surface area contributed by atoms with Crippen LogP contribution in [0.25, 0.3) is 10.6 Å². The van der Waals surface area contributed by atoms with Gasteiger partial charge in [-0.3, -0.25) is 0 Å². The van der Waals surface area contributed by atoms with Crippen LogP contribution < -0.4 is 4.80 Å². The summed E-state index contributed by atoms with van der Waals surface area (Å²) in [5.41, 5.74) is 1.93. The SMILES string of the molecule is CCN(CC)CCCn1c(-c2cccs2)csc1=Nc1ccc(S(=O)(=O)N2CCOCC2)cc1. The molecule has 0 bridgehead atoms. The highest BCUT2D eigenvalue weighted by Gasteiger charge is 2.26. The lowest BCUT2D eigenvalue weighted by atomic mass is 10.3. The van der Waals surface area contributed by atoms with Gasteiger partial charge >= 0.3 is 0 Å². The Balaban J connectivity index is 1.59. The summed E-state index contributed by atoms with van der Waals surface area (Å²) in [6.07, 6.45) is 1.04. The van der Waals surface area contributed by atoms with Crippen molar-refractivity contribution in [2.45, 2.75) is 31.7 Å². The molecule has 0 unspecified atom stereocenters. The molecule has 7 nitrogen and oxygen atoms in total. The zero-order chi connectivity index (χ0) is 24.0. The van der Waals surface area contributed by atoms with Crippen LogP contribution in [0.5, 0.6) is 0 Å². The fourth-order valence-electron chi connectivity index (χ4n) is 3.99. The first kappa shape index (κ1) is 25.3. The lowest BCUT2D eigenvalue weighted by molar-refractivity contribution is 0.0730. The molecule has 184 valence electrons. The number of rotatable bonds is 10. The van der Waals surface area contributed by atoms with Crippen LogP contribution in [-0.2, 0) is 21.3 Å². The number of thiazole rings is 1. The summed E-state index contributed by atoms with van der Waals surface area (Å²) >= 11 is 3.35. The molecule has 0 amide bonds. The summed E-state index contributed by atoms with van der Waals surface area (Å²) < 4.78 is 34.9. The quantitative estimate of drug-likeness (QED) is 0.401. The topological polar surface area (TPSA) is 67.1 Å². The van der Waals surface area contributed by atoms with Crippen molar-refractivity contribution in [3.8, 4) is 10.6 Å². The van der Waals surface area contributed by atoms with Gasteiger partial charge in [0.25, 0.3) is 0 Å². The number of sulfonamides is 1. The second-order valence-electron chi connectivity index (χ2n) is 8.04. The molecule has 0 spiro atoms. The summed E-state index contributed by atoms with van der Waals surface area (Å²) in [4.78, 5) is 9.77. The van der Waals surface area contributed by atoms with Crippen molar-refractivity contribution in [3.05, 3.63) is 52.0 Å². The van der Waals surface area contributed by atoms with Crippen LogP contribution in [0.1, 0.15) is 20.3 Å². The first-order chi connectivity index (χ1) is 16.5. The Morgan fingerprint density at radius 1 is 1.06 bits per heavy atom. The van der Waals surface area contributed by atoms with E-state index in [0.717, 1.165) is 43.1 Å². The van der Waals surface area contributed by atoms with Gasteiger partial charge in [-0.15, -0.1) is 22.7 Å². The van der Waals surface area contributed by atoms with Crippen LogP contribution in [0.15, 0.2) is 57.0 Å². The number of aromatic nitrogens is 1. The lowest BCUT2D eigenvalue weighted by Crippen LogP contribution is -2.40. The average molecular weight is 521 g/mol.